The normalized spacial score (nSPS) is 19.1. The van der Waals surface area contributed by atoms with Crippen molar-refractivity contribution >= 4 is 11.6 Å². The van der Waals surface area contributed by atoms with Gasteiger partial charge >= 0.3 is 0 Å². The summed E-state index contributed by atoms with van der Waals surface area (Å²) in [7, 11) is 0. The van der Waals surface area contributed by atoms with Crippen LogP contribution in [0.4, 0.5) is 10.1 Å². The third kappa shape index (κ3) is 2.37. The number of carbonyl (C=O) groups excluding carboxylic acids is 1. The van der Waals surface area contributed by atoms with Crippen molar-refractivity contribution in [1.82, 2.24) is 0 Å². The van der Waals surface area contributed by atoms with Gasteiger partial charge in [0.25, 0.3) is 0 Å². The van der Waals surface area contributed by atoms with Gasteiger partial charge in [-0.05, 0) is 19.1 Å². The minimum Gasteiger partial charge on any atom is -0.494 e. The van der Waals surface area contributed by atoms with Crippen LogP contribution in [0.1, 0.15) is 13.3 Å². The van der Waals surface area contributed by atoms with Crippen molar-refractivity contribution in [2.45, 2.75) is 13.3 Å². The van der Waals surface area contributed by atoms with Crippen LogP contribution in [0.25, 0.3) is 0 Å². The summed E-state index contributed by atoms with van der Waals surface area (Å²) in [6.07, 6.45) is 2.14. The van der Waals surface area contributed by atoms with E-state index in [1.165, 1.54) is 11.0 Å². The van der Waals surface area contributed by atoms with Gasteiger partial charge in [0, 0.05) is 24.9 Å². The monoisotopic (exact) mass is 249 g/mol. The van der Waals surface area contributed by atoms with Crippen LogP contribution in [-0.2, 0) is 4.79 Å². The summed E-state index contributed by atoms with van der Waals surface area (Å²) >= 11 is 0. The van der Waals surface area contributed by atoms with Crippen LogP contribution in [0.15, 0.2) is 30.9 Å². The van der Waals surface area contributed by atoms with Crippen molar-refractivity contribution in [2.24, 2.45) is 5.92 Å². The Bertz CT molecular complexity index is 473. The molecule has 0 bridgehead atoms. The van der Waals surface area contributed by atoms with E-state index in [9.17, 15) is 9.18 Å². The molecular weight excluding hydrogens is 233 g/mol. The van der Waals surface area contributed by atoms with E-state index in [1.54, 1.807) is 18.2 Å². The second-order valence-corrected chi connectivity index (χ2v) is 4.25. The molecule has 1 saturated heterocycles. The van der Waals surface area contributed by atoms with Crippen LogP contribution in [0.3, 0.4) is 0 Å². The molecule has 1 aliphatic heterocycles. The number of ether oxygens (including phenoxy) is 1. The second-order valence-electron chi connectivity index (χ2n) is 4.25. The van der Waals surface area contributed by atoms with Gasteiger partial charge in [-0.1, -0.05) is 6.08 Å². The van der Waals surface area contributed by atoms with Crippen LogP contribution in [0.5, 0.6) is 5.75 Å². The average Bonchev–Trinajstić information content (AvgIpc) is 2.71. The molecular formula is C14H16FNO2. The topological polar surface area (TPSA) is 29.5 Å². The molecule has 96 valence electrons. The van der Waals surface area contributed by atoms with Crippen molar-refractivity contribution < 1.29 is 13.9 Å². The molecule has 1 atom stereocenters. The van der Waals surface area contributed by atoms with Gasteiger partial charge in [-0.2, -0.15) is 0 Å². The van der Waals surface area contributed by atoms with Crippen molar-refractivity contribution in [1.29, 1.82) is 0 Å². The Hall–Kier alpha value is -1.84. The minimum atomic E-state index is -0.431. The number of hydrogen-bond donors (Lipinski definition) is 0. The molecule has 3 nitrogen and oxygen atoms in total. The first-order valence-corrected chi connectivity index (χ1v) is 6.01. The number of amides is 1. The van der Waals surface area contributed by atoms with Crippen LogP contribution in [0, 0.1) is 11.7 Å². The van der Waals surface area contributed by atoms with E-state index in [0.717, 1.165) is 0 Å². The number of anilines is 1. The summed E-state index contributed by atoms with van der Waals surface area (Å²) in [5, 5.41) is 0. The highest BCUT2D eigenvalue weighted by molar-refractivity contribution is 5.96. The quantitative estimate of drug-likeness (QED) is 0.768. The van der Waals surface area contributed by atoms with Crippen molar-refractivity contribution in [2.75, 3.05) is 18.1 Å². The molecule has 1 aromatic carbocycles. The first kappa shape index (κ1) is 12.6. The molecule has 0 radical (unpaired) electrons. The van der Waals surface area contributed by atoms with Crippen molar-refractivity contribution in [3.05, 3.63) is 36.7 Å². The summed E-state index contributed by atoms with van der Waals surface area (Å²) in [5.41, 5.74) is 0.313. The van der Waals surface area contributed by atoms with Crippen LogP contribution in [0.2, 0.25) is 0 Å². The number of benzene rings is 1. The summed E-state index contributed by atoms with van der Waals surface area (Å²) in [6, 6.07) is 4.58. The molecule has 0 aromatic heterocycles. The SMILES string of the molecule is C=CC1CC(=O)N(c2ccc(OCC)cc2F)C1. The Morgan fingerprint density at radius 1 is 1.61 bits per heavy atom. The second kappa shape index (κ2) is 5.21. The molecule has 4 heteroatoms. The van der Waals surface area contributed by atoms with E-state index in [4.69, 9.17) is 4.74 Å². The third-order valence-electron chi connectivity index (χ3n) is 3.01. The fourth-order valence-corrected chi connectivity index (χ4v) is 2.09. The highest BCUT2D eigenvalue weighted by Crippen LogP contribution is 2.29. The summed E-state index contributed by atoms with van der Waals surface area (Å²) in [6.45, 7) is 6.49. The molecule has 0 saturated carbocycles. The zero-order chi connectivity index (χ0) is 13.1. The minimum absolute atomic E-state index is 0.0667. The Labute approximate surface area is 106 Å². The van der Waals surface area contributed by atoms with Gasteiger partial charge in [-0.25, -0.2) is 4.39 Å². The zero-order valence-electron chi connectivity index (χ0n) is 10.4. The van der Waals surface area contributed by atoms with E-state index < -0.39 is 5.82 Å². The van der Waals surface area contributed by atoms with E-state index in [-0.39, 0.29) is 11.8 Å². The molecule has 18 heavy (non-hydrogen) atoms. The lowest BCUT2D eigenvalue weighted by atomic mass is 10.1. The fourth-order valence-electron chi connectivity index (χ4n) is 2.09. The fraction of sp³-hybridized carbons (Fsp3) is 0.357. The Balaban J connectivity index is 2.23. The predicted molar refractivity (Wildman–Crippen MR) is 68.2 cm³/mol. The van der Waals surface area contributed by atoms with E-state index >= 15 is 0 Å². The molecule has 0 N–H and O–H groups in total. The smallest absolute Gasteiger partial charge is 0.227 e. The summed E-state index contributed by atoms with van der Waals surface area (Å²) in [5.74, 6) is 0.0797. The molecule has 1 fully saturated rings. The number of rotatable bonds is 4. The molecule has 1 amide bonds. The Kier molecular flexibility index (Phi) is 3.65. The van der Waals surface area contributed by atoms with Crippen molar-refractivity contribution in [3.8, 4) is 5.75 Å². The first-order chi connectivity index (χ1) is 8.65. The number of hydrogen-bond acceptors (Lipinski definition) is 2. The molecule has 2 rings (SSSR count). The van der Waals surface area contributed by atoms with Gasteiger partial charge in [0.15, 0.2) is 5.82 Å². The standard InChI is InChI=1S/C14H16FNO2/c1-3-10-7-14(17)16(9-10)13-6-5-11(18-4-2)8-12(13)15/h3,5-6,8,10H,1,4,7,9H2,2H3. The lowest BCUT2D eigenvalue weighted by Gasteiger charge is -2.17. The number of carbonyl (C=O) groups is 1. The highest BCUT2D eigenvalue weighted by atomic mass is 19.1. The van der Waals surface area contributed by atoms with Crippen LogP contribution in [-0.4, -0.2) is 19.1 Å². The first-order valence-electron chi connectivity index (χ1n) is 6.01. The molecule has 1 heterocycles. The van der Waals surface area contributed by atoms with E-state index in [2.05, 4.69) is 6.58 Å². The Morgan fingerprint density at radius 2 is 2.39 bits per heavy atom. The van der Waals surface area contributed by atoms with Gasteiger partial charge in [0.1, 0.15) is 5.75 Å². The maximum atomic E-state index is 13.9. The lowest BCUT2D eigenvalue weighted by molar-refractivity contribution is -0.117. The average molecular weight is 249 g/mol. The number of nitrogens with zero attached hydrogens (tertiary/aromatic N) is 1. The molecule has 1 aliphatic rings. The predicted octanol–water partition coefficient (Wildman–Crippen LogP) is 2.76. The van der Waals surface area contributed by atoms with Gasteiger partial charge in [-0.3, -0.25) is 4.79 Å². The summed E-state index contributed by atoms with van der Waals surface area (Å²) < 4.78 is 19.1. The summed E-state index contributed by atoms with van der Waals surface area (Å²) in [4.78, 5) is 13.3. The highest BCUT2D eigenvalue weighted by Gasteiger charge is 2.30. The lowest BCUT2D eigenvalue weighted by Crippen LogP contribution is -2.25. The molecule has 0 aliphatic carbocycles. The van der Waals surface area contributed by atoms with E-state index in [0.29, 0.717) is 31.0 Å². The van der Waals surface area contributed by atoms with Gasteiger partial charge in [0.2, 0.25) is 5.91 Å². The van der Waals surface area contributed by atoms with E-state index in [1.807, 2.05) is 6.92 Å². The molecule has 0 spiro atoms. The Morgan fingerprint density at radius 3 is 2.94 bits per heavy atom. The largest absolute Gasteiger partial charge is 0.494 e. The van der Waals surface area contributed by atoms with Gasteiger partial charge in [-0.15, -0.1) is 6.58 Å². The van der Waals surface area contributed by atoms with Crippen LogP contribution >= 0.6 is 0 Å². The zero-order valence-corrected chi connectivity index (χ0v) is 10.4. The maximum Gasteiger partial charge on any atom is 0.227 e. The van der Waals surface area contributed by atoms with Gasteiger partial charge in [0.05, 0.1) is 12.3 Å². The van der Waals surface area contributed by atoms with Crippen LogP contribution < -0.4 is 9.64 Å². The maximum absolute atomic E-state index is 13.9. The number of halogens is 1. The van der Waals surface area contributed by atoms with Gasteiger partial charge < -0.3 is 9.64 Å². The molecule has 1 unspecified atom stereocenters. The van der Waals surface area contributed by atoms with Crippen molar-refractivity contribution in [3.63, 3.8) is 0 Å². The third-order valence-corrected chi connectivity index (χ3v) is 3.01. The molecule has 1 aromatic rings.